The maximum absolute atomic E-state index is 11.8. The van der Waals surface area contributed by atoms with Crippen molar-refractivity contribution in [3.8, 4) is 0 Å². The van der Waals surface area contributed by atoms with E-state index in [9.17, 15) is 9.59 Å². The Morgan fingerprint density at radius 2 is 2.05 bits per heavy atom. The zero-order chi connectivity index (χ0) is 14.3. The van der Waals surface area contributed by atoms with E-state index >= 15 is 0 Å². The van der Waals surface area contributed by atoms with E-state index in [1.54, 1.807) is 4.90 Å². The summed E-state index contributed by atoms with van der Waals surface area (Å²) in [5.41, 5.74) is 2.24. The maximum Gasteiger partial charge on any atom is 0.239 e. The Labute approximate surface area is 114 Å². The summed E-state index contributed by atoms with van der Waals surface area (Å²) in [6, 6.07) is 8.00. The first-order valence-corrected chi connectivity index (χ1v) is 6.60. The molecule has 1 aromatic rings. The Kier molecular flexibility index (Phi) is 6.06. The van der Waals surface area contributed by atoms with Crippen LogP contribution in [0, 0.1) is 6.92 Å². The number of carbonyl (C=O) groups is 2. The molecule has 0 unspecified atom stereocenters. The smallest absolute Gasteiger partial charge is 0.239 e. The van der Waals surface area contributed by atoms with Gasteiger partial charge in [0.25, 0.3) is 0 Å². The van der Waals surface area contributed by atoms with Crippen LogP contribution in [0.1, 0.15) is 31.4 Å². The lowest BCUT2D eigenvalue weighted by atomic mass is 10.1. The number of aryl methyl sites for hydroxylation is 1. The van der Waals surface area contributed by atoms with E-state index in [4.69, 9.17) is 0 Å². The molecule has 0 spiro atoms. The summed E-state index contributed by atoms with van der Waals surface area (Å²) < 4.78 is 0. The summed E-state index contributed by atoms with van der Waals surface area (Å²) >= 11 is 0. The van der Waals surface area contributed by atoms with Crippen molar-refractivity contribution in [2.75, 3.05) is 13.1 Å². The number of amides is 2. The van der Waals surface area contributed by atoms with Crippen LogP contribution in [0.2, 0.25) is 0 Å². The molecule has 2 amide bonds. The second kappa shape index (κ2) is 7.56. The summed E-state index contributed by atoms with van der Waals surface area (Å²) in [6.07, 6.45) is 0.852. The van der Waals surface area contributed by atoms with Gasteiger partial charge in [0.1, 0.15) is 0 Å². The van der Waals surface area contributed by atoms with Gasteiger partial charge in [-0.3, -0.25) is 9.59 Å². The molecule has 0 aliphatic heterocycles. The highest BCUT2D eigenvalue weighted by Gasteiger charge is 2.12. The first-order valence-electron chi connectivity index (χ1n) is 6.60. The van der Waals surface area contributed by atoms with Crippen molar-refractivity contribution in [2.24, 2.45) is 0 Å². The zero-order valence-electron chi connectivity index (χ0n) is 11.9. The first kappa shape index (κ1) is 15.2. The SMILES string of the molecule is CCCN(CC(=O)NCc1cccc(C)c1)C(C)=O. The van der Waals surface area contributed by atoms with Gasteiger partial charge in [0.2, 0.25) is 11.8 Å². The molecule has 0 aromatic heterocycles. The molecule has 0 fully saturated rings. The van der Waals surface area contributed by atoms with Gasteiger partial charge in [-0.15, -0.1) is 0 Å². The minimum absolute atomic E-state index is 0.0624. The molecule has 0 aliphatic carbocycles. The molecule has 0 heterocycles. The van der Waals surface area contributed by atoms with Gasteiger partial charge in [-0.05, 0) is 18.9 Å². The number of nitrogens with zero attached hydrogens (tertiary/aromatic N) is 1. The van der Waals surface area contributed by atoms with Gasteiger partial charge < -0.3 is 10.2 Å². The van der Waals surface area contributed by atoms with Crippen LogP contribution in [0.4, 0.5) is 0 Å². The molecule has 0 saturated heterocycles. The number of carbonyl (C=O) groups excluding carboxylic acids is 2. The summed E-state index contributed by atoms with van der Waals surface area (Å²) in [5.74, 6) is -0.183. The molecule has 4 heteroatoms. The number of rotatable bonds is 6. The van der Waals surface area contributed by atoms with Crippen LogP contribution in [0.25, 0.3) is 0 Å². The van der Waals surface area contributed by atoms with Crippen molar-refractivity contribution in [3.63, 3.8) is 0 Å². The van der Waals surface area contributed by atoms with E-state index in [0.29, 0.717) is 13.1 Å². The molecular formula is C15H22N2O2. The lowest BCUT2D eigenvalue weighted by Gasteiger charge is -2.19. The Morgan fingerprint density at radius 3 is 2.63 bits per heavy atom. The van der Waals surface area contributed by atoms with E-state index in [2.05, 4.69) is 5.32 Å². The largest absolute Gasteiger partial charge is 0.350 e. The fraction of sp³-hybridized carbons (Fsp3) is 0.467. The average Bonchev–Trinajstić information content (AvgIpc) is 2.36. The van der Waals surface area contributed by atoms with Crippen molar-refractivity contribution in [1.29, 1.82) is 0 Å². The minimum Gasteiger partial charge on any atom is -0.350 e. The van der Waals surface area contributed by atoms with Gasteiger partial charge in [0, 0.05) is 20.0 Å². The first-order chi connectivity index (χ1) is 9.02. The third kappa shape index (κ3) is 5.55. The van der Waals surface area contributed by atoms with E-state index < -0.39 is 0 Å². The Balaban J connectivity index is 2.44. The molecule has 1 N–H and O–H groups in total. The van der Waals surface area contributed by atoms with Crippen LogP contribution >= 0.6 is 0 Å². The van der Waals surface area contributed by atoms with Crippen LogP contribution in [-0.2, 0) is 16.1 Å². The molecule has 1 aromatic carbocycles. The third-order valence-electron chi connectivity index (χ3n) is 2.85. The molecule has 104 valence electrons. The lowest BCUT2D eigenvalue weighted by molar-refractivity contribution is -0.134. The standard InChI is InChI=1S/C15H22N2O2/c1-4-8-17(13(3)18)11-15(19)16-10-14-7-5-6-12(2)9-14/h5-7,9H,4,8,10-11H2,1-3H3,(H,16,19). The predicted molar refractivity (Wildman–Crippen MR) is 75.6 cm³/mol. The van der Waals surface area contributed by atoms with Crippen molar-refractivity contribution in [1.82, 2.24) is 10.2 Å². The van der Waals surface area contributed by atoms with Gasteiger partial charge in [-0.25, -0.2) is 0 Å². The Bertz CT molecular complexity index is 444. The summed E-state index contributed by atoms with van der Waals surface area (Å²) in [7, 11) is 0. The Morgan fingerprint density at radius 1 is 1.32 bits per heavy atom. The fourth-order valence-corrected chi connectivity index (χ4v) is 1.87. The van der Waals surface area contributed by atoms with Gasteiger partial charge >= 0.3 is 0 Å². The van der Waals surface area contributed by atoms with Crippen molar-refractivity contribution < 1.29 is 9.59 Å². The molecule has 19 heavy (non-hydrogen) atoms. The third-order valence-corrected chi connectivity index (χ3v) is 2.85. The van der Waals surface area contributed by atoms with Crippen LogP contribution in [0.15, 0.2) is 24.3 Å². The summed E-state index contributed by atoms with van der Waals surface area (Å²) in [4.78, 5) is 24.7. The van der Waals surface area contributed by atoms with Crippen LogP contribution in [0.3, 0.4) is 0 Å². The van der Waals surface area contributed by atoms with Gasteiger partial charge in [-0.1, -0.05) is 36.8 Å². The van der Waals surface area contributed by atoms with Gasteiger partial charge in [-0.2, -0.15) is 0 Å². The maximum atomic E-state index is 11.8. The molecule has 0 atom stereocenters. The van der Waals surface area contributed by atoms with E-state index in [-0.39, 0.29) is 18.4 Å². The predicted octanol–water partition coefficient (Wildman–Crippen LogP) is 1.87. The zero-order valence-corrected chi connectivity index (χ0v) is 11.9. The molecule has 0 saturated carbocycles. The molecule has 4 nitrogen and oxygen atoms in total. The monoisotopic (exact) mass is 262 g/mol. The normalized spacial score (nSPS) is 10.1. The van der Waals surface area contributed by atoms with Crippen molar-refractivity contribution in [3.05, 3.63) is 35.4 Å². The number of hydrogen-bond donors (Lipinski definition) is 1. The van der Waals surface area contributed by atoms with Gasteiger partial charge in [0.15, 0.2) is 0 Å². The van der Waals surface area contributed by atoms with Gasteiger partial charge in [0.05, 0.1) is 6.54 Å². The fourth-order valence-electron chi connectivity index (χ4n) is 1.87. The van der Waals surface area contributed by atoms with Crippen LogP contribution < -0.4 is 5.32 Å². The average molecular weight is 262 g/mol. The molecule has 1 rings (SSSR count). The van der Waals surface area contributed by atoms with Crippen molar-refractivity contribution in [2.45, 2.75) is 33.7 Å². The highest BCUT2D eigenvalue weighted by atomic mass is 16.2. The molecular weight excluding hydrogens is 240 g/mol. The van der Waals surface area contributed by atoms with E-state index in [1.165, 1.54) is 12.5 Å². The van der Waals surface area contributed by atoms with Crippen molar-refractivity contribution >= 4 is 11.8 Å². The highest BCUT2D eigenvalue weighted by Crippen LogP contribution is 2.03. The summed E-state index contributed by atoms with van der Waals surface area (Å²) in [6.45, 7) is 6.74. The second-order valence-corrected chi connectivity index (χ2v) is 4.71. The molecule has 0 bridgehead atoms. The Hall–Kier alpha value is -1.84. The number of hydrogen-bond acceptors (Lipinski definition) is 2. The molecule has 0 radical (unpaired) electrons. The van der Waals surface area contributed by atoms with E-state index in [0.717, 1.165) is 12.0 Å². The topological polar surface area (TPSA) is 49.4 Å². The number of nitrogens with one attached hydrogen (secondary N) is 1. The van der Waals surface area contributed by atoms with Crippen LogP contribution in [-0.4, -0.2) is 29.8 Å². The minimum atomic E-state index is -0.120. The summed E-state index contributed by atoms with van der Waals surface area (Å²) in [5, 5.41) is 2.84. The highest BCUT2D eigenvalue weighted by molar-refractivity contribution is 5.83. The second-order valence-electron chi connectivity index (χ2n) is 4.71. The van der Waals surface area contributed by atoms with E-state index in [1.807, 2.05) is 38.1 Å². The number of benzene rings is 1. The van der Waals surface area contributed by atoms with Crippen LogP contribution in [0.5, 0.6) is 0 Å². The molecule has 0 aliphatic rings. The quantitative estimate of drug-likeness (QED) is 0.851. The lowest BCUT2D eigenvalue weighted by Crippen LogP contribution is -2.39.